The predicted molar refractivity (Wildman–Crippen MR) is 91.9 cm³/mol. The van der Waals surface area contributed by atoms with Crippen molar-refractivity contribution in [3.63, 3.8) is 0 Å². The van der Waals surface area contributed by atoms with Crippen LogP contribution in [0.25, 0.3) is 11.0 Å². The predicted octanol–water partition coefficient (Wildman–Crippen LogP) is 2.26. The Kier molecular flexibility index (Phi) is 3.85. The highest BCUT2D eigenvalue weighted by Crippen LogP contribution is 2.19. The molecule has 0 saturated heterocycles. The fourth-order valence-corrected chi connectivity index (χ4v) is 2.63. The van der Waals surface area contributed by atoms with Crippen LogP contribution in [0.5, 0.6) is 0 Å². The molecule has 3 heterocycles. The van der Waals surface area contributed by atoms with E-state index in [2.05, 4.69) is 30.5 Å². The van der Waals surface area contributed by atoms with Gasteiger partial charge >= 0.3 is 0 Å². The zero-order valence-electron chi connectivity index (χ0n) is 14.0. The molecule has 1 aromatic carbocycles. The zero-order chi connectivity index (χ0) is 17.2. The number of nitrogens with zero attached hydrogens (tertiary/aromatic N) is 6. The van der Waals surface area contributed by atoms with E-state index in [1.54, 1.807) is 10.9 Å². The average molecular weight is 335 g/mol. The topological polar surface area (TPSA) is 94.5 Å². The molecule has 0 saturated carbocycles. The van der Waals surface area contributed by atoms with Gasteiger partial charge in [0.15, 0.2) is 11.5 Å². The molecule has 4 aromatic rings. The average Bonchev–Trinajstić information content (AvgIpc) is 3.21. The van der Waals surface area contributed by atoms with E-state index in [4.69, 9.17) is 4.52 Å². The molecule has 0 fully saturated rings. The van der Waals surface area contributed by atoms with Crippen LogP contribution < -0.4 is 5.32 Å². The number of anilines is 1. The van der Waals surface area contributed by atoms with Gasteiger partial charge in [-0.1, -0.05) is 35.5 Å². The van der Waals surface area contributed by atoms with Gasteiger partial charge in [-0.2, -0.15) is 10.1 Å². The molecule has 4 rings (SSSR count). The molecule has 126 valence electrons. The van der Waals surface area contributed by atoms with Crippen LogP contribution in [0, 0.1) is 6.92 Å². The molecule has 25 heavy (non-hydrogen) atoms. The van der Waals surface area contributed by atoms with Gasteiger partial charge in [0.2, 0.25) is 5.89 Å². The Labute approximate surface area is 143 Å². The van der Waals surface area contributed by atoms with Gasteiger partial charge in [0, 0.05) is 7.05 Å². The third-order valence-corrected chi connectivity index (χ3v) is 3.83. The second kappa shape index (κ2) is 6.31. The molecule has 0 spiro atoms. The van der Waals surface area contributed by atoms with Crippen LogP contribution >= 0.6 is 0 Å². The van der Waals surface area contributed by atoms with Crippen molar-refractivity contribution in [1.29, 1.82) is 0 Å². The molecular weight excluding hydrogens is 318 g/mol. The summed E-state index contributed by atoms with van der Waals surface area (Å²) >= 11 is 0. The van der Waals surface area contributed by atoms with Gasteiger partial charge in [0.05, 0.1) is 24.5 Å². The van der Waals surface area contributed by atoms with E-state index in [9.17, 15) is 0 Å². The smallest absolute Gasteiger partial charge is 0.231 e. The Balaban J connectivity index is 1.49. The minimum absolute atomic E-state index is 0.415. The van der Waals surface area contributed by atoms with E-state index in [-0.39, 0.29) is 0 Å². The van der Waals surface area contributed by atoms with Crippen molar-refractivity contribution in [2.24, 2.45) is 7.05 Å². The molecule has 0 aliphatic heterocycles. The SMILES string of the molecule is Cc1nc(NCc2noc(Cc3ccccc3)n2)c2cnn(C)c2n1. The van der Waals surface area contributed by atoms with E-state index in [0.29, 0.717) is 36.3 Å². The second-order valence-corrected chi connectivity index (χ2v) is 5.75. The van der Waals surface area contributed by atoms with Gasteiger partial charge in [-0.05, 0) is 12.5 Å². The molecule has 0 radical (unpaired) electrons. The van der Waals surface area contributed by atoms with Crippen molar-refractivity contribution in [2.75, 3.05) is 5.32 Å². The lowest BCUT2D eigenvalue weighted by Gasteiger charge is -2.05. The molecule has 0 atom stereocenters. The number of hydrogen-bond acceptors (Lipinski definition) is 7. The standard InChI is InChI=1S/C17H17N7O/c1-11-20-16(13-9-19-24(2)17(13)21-11)18-10-14-22-15(25-23-14)8-12-6-4-3-5-7-12/h3-7,9H,8,10H2,1-2H3,(H,18,20,21). The molecule has 8 nitrogen and oxygen atoms in total. The van der Waals surface area contributed by atoms with Crippen molar-refractivity contribution in [1.82, 2.24) is 29.9 Å². The van der Waals surface area contributed by atoms with E-state index < -0.39 is 0 Å². The number of nitrogens with one attached hydrogen (secondary N) is 1. The summed E-state index contributed by atoms with van der Waals surface area (Å²) in [6, 6.07) is 10.0. The number of fused-ring (bicyclic) bond motifs is 1. The molecule has 1 N–H and O–H groups in total. The Morgan fingerprint density at radius 2 is 1.96 bits per heavy atom. The minimum atomic E-state index is 0.415. The Hall–Kier alpha value is -3.29. The lowest BCUT2D eigenvalue weighted by Crippen LogP contribution is -2.06. The fourth-order valence-electron chi connectivity index (χ4n) is 2.63. The van der Waals surface area contributed by atoms with Crippen molar-refractivity contribution < 1.29 is 4.52 Å². The number of benzene rings is 1. The molecule has 3 aromatic heterocycles. The van der Waals surface area contributed by atoms with Gasteiger partial charge in [0.25, 0.3) is 0 Å². The van der Waals surface area contributed by atoms with Crippen LogP contribution in [0.4, 0.5) is 5.82 Å². The molecule has 0 aliphatic rings. The highest BCUT2D eigenvalue weighted by molar-refractivity contribution is 5.86. The van der Waals surface area contributed by atoms with Crippen LogP contribution in [0.2, 0.25) is 0 Å². The molecule has 0 bridgehead atoms. The molecule has 0 aliphatic carbocycles. The maximum Gasteiger partial charge on any atom is 0.231 e. The van der Waals surface area contributed by atoms with Crippen molar-refractivity contribution in [3.05, 3.63) is 59.6 Å². The number of hydrogen-bond donors (Lipinski definition) is 1. The Morgan fingerprint density at radius 3 is 2.80 bits per heavy atom. The summed E-state index contributed by atoms with van der Waals surface area (Å²) in [6.45, 7) is 2.27. The lowest BCUT2D eigenvalue weighted by atomic mass is 10.1. The maximum atomic E-state index is 5.32. The van der Waals surface area contributed by atoms with Crippen molar-refractivity contribution >= 4 is 16.9 Å². The van der Waals surface area contributed by atoms with Gasteiger partial charge < -0.3 is 9.84 Å². The normalized spacial score (nSPS) is 11.1. The molecule has 0 unspecified atom stereocenters. The van der Waals surface area contributed by atoms with Gasteiger partial charge in [-0.3, -0.25) is 4.68 Å². The van der Waals surface area contributed by atoms with E-state index >= 15 is 0 Å². The third kappa shape index (κ3) is 3.18. The molecular formula is C17H17N7O. The lowest BCUT2D eigenvalue weighted by molar-refractivity contribution is 0.380. The van der Waals surface area contributed by atoms with Crippen LogP contribution in [0.1, 0.15) is 23.1 Å². The van der Waals surface area contributed by atoms with Crippen molar-refractivity contribution in [2.45, 2.75) is 19.9 Å². The Morgan fingerprint density at radius 1 is 1.12 bits per heavy atom. The quantitative estimate of drug-likeness (QED) is 0.597. The summed E-state index contributed by atoms with van der Waals surface area (Å²) < 4.78 is 7.05. The van der Waals surface area contributed by atoms with Gasteiger partial charge in [0.1, 0.15) is 11.6 Å². The first-order valence-electron chi connectivity index (χ1n) is 7.94. The minimum Gasteiger partial charge on any atom is -0.362 e. The number of aryl methyl sites for hydroxylation is 2. The number of aromatic nitrogens is 6. The van der Waals surface area contributed by atoms with Crippen LogP contribution in [-0.2, 0) is 20.0 Å². The summed E-state index contributed by atoms with van der Waals surface area (Å²) in [5.74, 6) is 2.56. The fraction of sp³-hybridized carbons (Fsp3) is 0.235. The number of rotatable bonds is 5. The highest BCUT2D eigenvalue weighted by atomic mass is 16.5. The van der Waals surface area contributed by atoms with Gasteiger partial charge in [-0.25, -0.2) is 9.97 Å². The molecule has 0 amide bonds. The maximum absolute atomic E-state index is 5.32. The first-order valence-corrected chi connectivity index (χ1v) is 7.94. The summed E-state index contributed by atoms with van der Waals surface area (Å²) in [7, 11) is 1.85. The van der Waals surface area contributed by atoms with Crippen molar-refractivity contribution in [3.8, 4) is 0 Å². The summed E-state index contributed by atoms with van der Waals surface area (Å²) in [5.41, 5.74) is 1.92. The molecule has 8 heteroatoms. The third-order valence-electron chi connectivity index (χ3n) is 3.83. The van der Waals surface area contributed by atoms with Gasteiger partial charge in [-0.15, -0.1) is 0 Å². The Bertz CT molecular complexity index is 1010. The largest absolute Gasteiger partial charge is 0.362 e. The second-order valence-electron chi connectivity index (χ2n) is 5.75. The highest BCUT2D eigenvalue weighted by Gasteiger charge is 2.12. The van der Waals surface area contributed by atoms with Crippen LogP contribution in [0.3, 0.4) is 0 Å². The summed E-state index contributed by atoms with van der Waals surface area (Å²) in [4.78, 5) is 13.3. The van der Waals surface area contributed by atoms with E-state index in [1.807, 2.05) is 44.3 Å². The first-order chi connectivity index (χ1) is 12.2. The van der Waals surface area contributed by atoms with E-state index in [1.165, 1.54) is 0 Å². The summed E-state index contributed by atoms with van der Waals surface area (Å²) in [6.07, 6.45) is 2.36. The van der Waals surface area contributed by atoms with E-state index in [0.717, 1.165) is 16.6 Å². The monoisotopic (exact) mass is 335 g/mol. The van der Waals surface area contributed by atoms with Crippen LogP contribution in [0.15, 0.2) is 41.1 Å². The van der Waals surface area contributed by atoms with Crippen LogP contribution in [-0.4, -0.2) is 29.9 Å². The zero-order valence-corrected chi connectivity index (χ0v) is 14.0. The summed E-state index contributed by atoms with van der Waals surface area (Å²) in [5, 5.41) is 12.4. The first kappa shape index (κ1) is 15.3.